The molecule has 1 atom stereocenters. The molecular weight excluding hydrogens is 210 g/mol. The Balaban J connectivity index is 3.18. The van der Waals surface area contributed by atoms with Gasteiger partial charge in [0.1, 0.15) is 11.6 Å². The van der Waals surface area contributed by atoms with Crippen molar-refractivity contribution in [3.63, 3.8) is 0 Å². The molecule has 16 heavy (non-hydrogen) atoms. The maximum Gasteiger partial charge on any atom is 0.128 e. The highest BCUT2D eigenvalue weighted by molar-refractivity contribution is 5.24. The molecule has 3 N–H and O–H groups in total. The molecule has 1 aromatic rings. The van der Waals surface area contributed by atoms with Gasteiger partial charge in [0.25, 0.3) is 0 Å². The van der Waals surface area contributed by atoms with Crippen LogP contribution >= 0.6 is 0 Å². The van der Waals surface area contributed by atoms with E-state index in [0.717, 1.165) is 18.6 Å². The lowest BCUT2D eigenvalue weighted by molar-refractivity contribution is 0.230. The van der Waals surface area contributed by atoms with Crippen LogP contribution in [0.5, 0.6) is 0 Å². The Bertz CT molecular complexity index is 364. The second kappa shape index (κ2) is 4.89. The number of rotatable bonds is 4. The molecule has 0 aromatic heterocycles. The van der Waals surface area contributed by atoms with Gasteiger partial charge in [-0.2, -0.15) is 0 Å². The second-order valence-electron chi connectivity index (χ2n) is 4.61. The Morgan fingerprint density at radius 3 is 2.50 bits per heavy atom. The molecule has 2 nitrogen and oxygen atoms in total. The molecule has 0 bridgehead atoms. The van der Waals surface area contributed by atoms with Crippen LogP contribution in [0.15, 0.2) is 18.2 Å². The zero-order valence-corrected chi connectivity index (χ0v) is 9.85. The molecule has 0 saturated carbocycles. The summed E-state index contributed by atoms with van der Waals surface area (Å²) >= 11 is 0. The number of hydrogen-bond donors (Lipinski definition) is 2. The number of halogens is 2. The highest BCUT2D eigenvalue weighted by Crippen LogP contribution is 2.36. The van der Waals surface area contributed by atoms with Crippen LogP contribution in [0.2, 0.25) is 0 Å². The summed E-state index contributed by atoms with van der Waals surface area (Å²) in [6.45, 7) is 5.91. The average Bonchev–Trinajstić information content (AvgIpc) is 2.24. The van der Waals surface area contributed by atoms with Gasteiger partial charge in [-0.25, -0.2) is 8.78 Å². The van der Waals surface area contributed by atoms with E-state index >= 15 is 0 Å². The Hall–Kier alpha value is -1.00. The molecule has 0 aliphatic rings. The Morgan fingerprint density at radius 1 is 1.38 bits per heavy atom. The topological polar surface area (TPSA) is 38.0 Å². The Labute approximate surface area is 94.8 Å². The normalized spacial score (nSPS) is 13.9. The minimum Gasteiger partial charge on any atom is -0.271 e. The highest BCUT2D eigenvalue weighted by atomic mass is 19.1. The summed E-state index contributed by atoms with van der Waals surface area (Å²) in [6, 6.07) is 3.01. The molecule has 0 heterocycles. The van der Waals surface area contributed by atoms with Gasteiger partial charge in [0.15, 0.2) is 0 Å². The predicted octanol–water partition coefficient (Wildman–Crippen LogP) is 2.91. The fourth-order valence-corrected chi connectivity index (χ4v) is 1.68. The molecule has 0 saturated heterocycles. The summed E-state index contributed by atoms with van der Waals surface area (Å²) in [5, 5.41) is 0. The summed E-state index contributed by atoms with van der Waals surface area (Å²) < 4.78 is 26.7. The van der Waals surface area contributed by atoms with E-state index in [1.807, 2.05) is 20.8 Å². The van der Waals surface area contributed by atoms with E-state index in [9.17, 15) is 8.78 Å². The smallest absolute Gasteiger partial charge is 0.128 e. The molecule has 0 aliphatic carbocycles. The van der Waals surface area contributed by atoms with Crippen molar-refractivity contribution in [2.45, 2.75) is 33.2 Å². The van der Waals surface area contributed by atoms with Gasteiger partial charge in [0.2, 0.25) is 0 Å². The third kappa shape index (κ3) is 2.57. The maximum absolute atomic E-state index is 13.6. The zero-order chi connectivity index (χ0) is 12.3. The minimum atomic E-state index is -0.455. The monoisotopic (exact) mass is 228 g/mol. The van der Waals surface area contributed by atoms with Crippen molar-refractivity contribution in [1.29, 1.82) is 0 Å². The van der Waals surface area contributed by atoms with Crippen LogP contribution in [0.4, 0.5) is 8.78 Å². The van der Waals surface area contributed by atoms with Gasteiger partial charge in [0.05, 0.1) is 6.04 Å². The number of nitrogens with two attached hydrogens (primary N) is 1. The standard InChI is InChI=1S/C12H18F2N2/c1-4-12(2,3)11(16-15)9-7-8(13)5-6-10(9)14/h5-7,11,16H,4,15H2,1-3H3. The number of hydrazine groups is 1. The van der Waals surface area contributed by atoms with Crippen molar-refractivity contribution < 1.29 is 8.78 Å². The summed E-state index contributed by atoms with van der Waals surface area (Å²) in [6.07, 6.45) is 0.803. The van der Waals surface area contributed by atoms with E-state index in [2.05, 4.69) is 5.43 Å². The number of nitrogens with one attached hydrogen (secondary N) is 1. The molecule has 4 heteroatoms. The van der Waals surface area contributed by atoms with Crippen LogP contribution in [0.1, 0.15) is 38.8 Å². The zero-order valence-electron chi connectivity index (χ0n) is 9.85. The lowest BCUT2D eigenvalue weighted by Gasteiger charge is -2.33. The first-order valence-corrected chi connectivity index (χ1v) is 5.33. The van der Waals surface area contributed by atoms with Gasteiger partial charge in [-0.1, -0.05) is 20.8 Å². The lowest BCUT2D eigenvalue weighted by atomic mass is 9.78. The molecule has 0 amide bonds. The van der Waals surface area contributed by atoms with Crippen LogP contribution in [-0.4, -0.2) is 0 Å². The van der Waals surface area contributed by atoms with Crippen molar-refractivity contribution in [2.75, 3.05) is 0 Å². The highest BCUT2D eigenvalue weighted by Gasteiger charge is 2.30. The first kappa shape index (κ1) is 13.1. The van der Waals surface area contributed by atoms with E-state index in [4.69, 9.17) is 5.84 Å². The van der Waals surface area contributed by atoms with Gasteiger partial charge in [-0.05, 0) is 30.0 Å². The molecule has 1 aromatic carbocycles. The van der Waals surface area contributed by atoms with Crippen LogP contribution in [0.25, 0.3) is 0 Å². The molecule has 0 aliphatic heterocycles. The van der Waals surface area contributed by atoms with E-state index in [0.29, 0.717) is 0 Å². The third-order valence-electron chi connectivity index (χ3n) is 3.13. The van der Waals surface area contributed by atoms with Crippen LogP contribution in [0.3, 0.4) is 0 Å². The molecule has 0 fully saturated rings. The first-order valence-electron chi connectivity index (χ1n) is 5.33. The summed E-state index contributed by atoms with van der Waals surface area (Å²) in [5.41, 5.74) is 2.60. The maximum atomic E-state index is 13.6. The quantitative estimate of drug-likeness (QED) is 0.614. The molecular formula is C12H18F2N2. The predicted molar refractivity (Wildman–Crippen MR) is 60.5 cm³/mol. The summed E-state index contributed by atoms with van der Waals surface area (Å²) in [4.78, 5) is 0. The lowest BCUT2D eigenvalue weighted by Crippen LogP contribution is -2.38. The molecule has 1 unspecified atom stereocenters. The van der Waals surface area contributed by atoms with Crippen LogP contribution in [-0.2, 0) is 0 Å². The largest absolute Gasteiger partial charge is 0.271 e. The van der Waals surface area contributed by atoms with E-state index in [-0.39, 0.29) is 11.0 Å². The van der Waals surface area contributed by atoms with Gasteiger partial charge in [-0.15, -0.1) is 0 Å². The van der Waals surface area contributed by atoms with E-state index < -0.39 is 17.7 Å². The van der Waals surface area contributed by atoms with Gasteiger partial charge < -0.3 is 0 Å². The van der Waals surface area contributed by atoms with E-state index in [1.54, 1.807) is 0 Å². The minimum absolute atomic E-state index is 0.247. The van der Waals surface area contributed by atoms with Crippen LogP contribution < -0.4 is 11.3 Å². The van der Waals surface area contributed by atoms with Crippen molar-refractivity contribution in [1.82, 2.24) is 5.43 Å². The van der Waals surface area contributed by atoms with Crippen molar-refractivity contribution in [3.05, 3.63) is 35.4 Å². The third-order valence-corrected chi connectivity index (χ3v) is 3.13. The van der Waals surface area contributed by atoms with Gasteiger partial charge >= 0.3 is 0 Å². The fraction of sp³-hybridized carbons (Fsp3) is 0.500. The molecule has 1 rings (SSSR count). The summed E-state index contributed by atoms with van der Waals surface area (Å²) in [5.74, 6) is 4.55. The van der Waals surface area contributed by atoms with Crippen molar-refractivity contribution in [2.24, 2.45) is 11.3 Å². The Morgan fingerprint density at radius 2 is 2.00 bits per heavy atom. The number of benzene rings is 1. The number of hydrogen-bond acceptors (Lipinski definition) is 2. The average molecular weight is 228 g/mol. The fourth-order valence-electron chi connectivity index (χ4n) is 1.68. The molecule has 0 spiro atoms. The first-order chi connectivity index (χ1) is 7.42. The van der Waals surface area contributed by atoms with Crippen molar-refractivity contribution in [3.8, 4) is 0 Å². The van der Waals surface area contributed by atoms with Gasteiger partial charge in [-0.3, -0.25) is 11.3 Å². The SMILES string of the molecule is CCC(C)(C)C(NN)c1cc(F)ccc1F. The van der Waals surface area contributed by atoms with Crippen molar-refractivity contribution >= 4 is 0 Å². The van der Waals surface area contributed by atoms with Crippen LogP contribution in [0, 0.1) is 17.0 Å². The molecule has 0 radical (unpaired) electrons. The molecule has 90 valence electrons. The summed E-state index contributed by atoms with van der Waals surface area (Å²) in [7, 11) is 0. The van der Waals surface area contributed by atoms with E-state index in [1.165, 1.54) is 6.07 Å². The van der Waals surface area contributed by atoms with Gasteiger partial charge in [0, 0.05) is 5.56 Å². The Kier molecular flexibility index (Phi) is 3.99. The second-order valence-corrected chi connectivity index (χ2v) is 4.61.